The first kappa shape index (κ1) is 27.8. The summed E-state index contributed by atoms with van der Waals surface area (Å²) in [5.41, 5.74) is 5.96. The van der Waals surface area contributed by atoms with Gasteiger partial charge in [-0.25, -0.2) is 0 Å². The van der Waals surface area contributed by atoms with Crippen molar-refractivity contribution in [3.63, 3.8) is 0 Å². The molecule has 1 amide bonds. The van der Waals surface area contributed by atoms with E-state index in [9.17, 15) is 31.7 Å². The van der Waals surface area contributed by atoms with E-state index in [1.165, 1.54) is 17.0 Å². The van der Waals surface area contributed by atoms with Crippen molar-refractivity contribution in [2.45, 2.75) is 35.3 Å². The molecular weight excluding hydrogens is 504 g/mol. The van der Waals surface area contributed by atoms with Gasteiger partial charge >= 0.3 is 0 Å². The number of nitrogens with zero attached hydrogens (tertiary/aromatic N) is 3. The summed E-state index contributed by atoms with van der Waals surface area (Å²) in [6, 6.07) is 11.3. The number of carbonyl (C=O) groups excluding carboxylic acids is 1. The van der Waals surface area contributed by atoms with Crippen molar-refractivity contribution in [1.29, 1.82) is 5.26 Å². The summed E-state index contributed by atoms with van der Waals surface area (Å²) >= 11 is 0. The molecule has 0 bridgehead atoms. The van der Waals surface area contributed by atoms with Gasteiger partial charge in [0.15, 0.2) is 0 Å². The minimum absolute atomic E-state index is 0.0362. The second-order valence-corrected chi connectivity index (χ2v) is 10.3. The molecule has 2 aromatic rings. The number of nitro benzene ring substituents is 1. The van der Waals surface area contributed by atoms with Crippen molar-refractivity contribution in [2.75, 3.05) is 13.1 Å². The number of aryl methyl sites for hydroxylation is 1. The fraction of sp³-hybridized carbons (Fsp3) is 0.300. The number of hydrogen-bond acceptors (Lipinski definition) is 10. The predicted molar refractivity (Wildman–Crippen MR) is 121 cm³/mol. The highest BCUT2D eigenvalue weighted by Gasteiger charge is 2.38. The van der Waals surface area contributed by atoms with E-state index in [1.54, 1.807) is 12.1 Å². The Morgan fingerprint density at radius 2 is 1.71 bits per heavy atom. The van der Waals surface area contributed by atoms with E-state index in [1.807, 2.05) is 13.0 Å². The first-order valence-electron chi connectivity index (χ1n) is 9.89. The van der Waals surface area contributed by atoms with Crippen LogP contribution in [0.5, 0.6) is 0 Å². The summed E-state index contributed by atoms with van der Waals surface area (Å²) in [5, 5.41) is 19.6. The zero-order chi connectivity index (χ0) is 26.4. The van der Waals surface area contributed by atoms with Gasteiger partial charge in [0, 0.05) is 25.1 Å². The maximum atomic E-state index is 12.2. The number of benzene rings is 2. The Morgan fingerprint density at radius 1 is 1.17 bits per heavy atom. The molecule has 3 N–H and O–H groups in total. The summed E-state index contributed by atoms with van der Waals surface area (Å²) in [6.45, 7) is 1.48. The number of hydrogen-bond donors (Lipinski definition) is 2. The highest BCUT2D eigenvalue weighted by atomic mass is 32.2. The molecule has 0 radical (unpaired) electrons. The van der Waals surface area contributed by atoms with Crippen molar-refractivity contribution in [1.82, 2.24) is 4.90 Å². The van der Waals surface area contributed by atoms with E-state index < -0.39 is 43.2 Å². The Labute approximate surface area is 201 Å². The van der Waals surface area contributed by atoms with E-state index in [2.05, 4.69) is 0 Å². The van der Waals surface area contributed by atoms with Gasteiger partial charge in [-0.2, -0.15) is 22.1 Å². The number of amides is 1. The standard InChI is InChI=1S/C13H14N4O6S.C7H8O3S/c14-6-10-5-11(8-16(10)13(18)7-15)23-24(21,22)12-3-1-9(2-4-12)17(19)20;1-6-2-4-7(5-3-6)11(8,9)10/h1-4,10-11H,5,7-8,15H2;2-5H,1H3,(H,8,9,10)/t10-,11+;/m0./s1. The Hall–Kier alpha value is -3.42. The van der Waals surface area contributed by atoms with Gasteiger partial charge in [-0.05, 0) is 31.2 Å². The van der Waals surface area contributed by atoms with E-state index in [0.29, 0.717) is 0 Å². The number of carbonyl (C=O) groups is 1. The maximum absolute atomic E-state index is 12.2. The first-order valence-corrected chi connectivity index (χ1v) is 12.7. The molecule has 0 saturated carbocycles. The Bertz CT molecular complexity index is 1320. The quantitative estimate of drug-likeness (QED) is 0.234. The van der Waals surface area contributed by atoms with Crippen LogP contribution in [-0.4, -0.2) is 62.4 Å². The van der Waals surface area contributed by atoms with Gasteiger partial charge < -0.3 is 10.6 Å². The normalized spacial score (nSPS) is 17.7. The predicted octanol–water partition coefficient (Wildman–Crippen LogP) is 0.994. The number of rotatable bonds is 6. The Morgan fingerprint density at radius 3 is 2.17 bits per heavy atom. The van der Waals surface area contributed by atoms with Crippen LogP contribution in [0.1, 0.15) is 12.0 Å². The molecule has 1 aliphatic heterocycles. The van der Waals surface area contributed by atoms with Crippen molar-refractivity contribution in [3.05, 3.63) is 64.2 Å². The molecule has 3 rings (SSSR count). The van der Waals surface area contributed by atoms with Crippen molar-refractivity contribution < 1.29 is 35.3 Å². The molecule has 1 aliphatic rings. The molecule has 0 aliphatic carbocycles. The lowest BCUT2D eigenvalue weighted by atomic mass is 10.2. The van der Waals surface area contributed by atoms with E-state index in [4.69, 9.17) is 19.7 Å². The summed E-state index contributed by atoms with van der Waals surface area (Å²) in [4.78, 5) is 22.4. The van der Waals surface area contributed by atoms with Gasteiger partial charge in [0.25, 0.3) is 25.9 Å². The van der Waals surface area contributed by atoms with Crippen LogP contribution in [0.25, 0.3) is 0 Å². The van der Waals surface area contributed by atoms with Crippen molar-refractivity contribution in [3.8, 4) is 6.07 Å². The average molecular weight is 527 g/mol. The topological polar surface area (TPSA) is 211 Å². The van der Waals surface area contributed by atoms with Crippen LogP contribution in [0.2, 0.25) is 0 Å². The lowest BCUT2D eigenvalue weighted by Gasteiger charge is -2.18. The lowest BCUT2D eigenvalue weighted by molar-refractivity contribution is -0.384. The third-order valence-corrected chi connectivity index (χ3v) is 7.07. The minimum atomic E-state index is -4.17. The SMILES string of the molecule is Cc1ccc(S(=O)(=O)O)cc1.N#C[C@@H]1C[C@@H](OS(=O)(=O)c2ccc([N+](=O)[O-])cc2)CN1C(=O)CN. The van der Waals surface area contributed by atoms with Crippen LogP contribution < -0.4 is 5.73 Å². The number of nitrogens with two attached hydrogens (primary N) is 1. The molecule has 188 valence electrons. The van der Waals surface area contributed by atoms with Gasteiger partial charge in [-0.3, -0.25) is 23.6 Å². The van der Waals surface area contributed by atoms with Gasteiger partial charge in [0.1, 0.15) is 6.04 Å². The van der Waals surface area contributed by atoms with Crippen molar-refractivity contribution in [2.24, 2.45) is 5.73 Å². The minimum Gasteiger partial charge on any atom is -0.323 e. The molecule has 2 atom stereocenters. The highest BCUT2D eigenvalue weighted by Crippen LogP contribution is 2.25. The third-order valence-electron chi connectivity index (χ3n) is 4.82. The summed E-state index contributed by atoms with van der Waals surface area (Å²) in [7, 11) is -8.19. The van der Waals surface area contributed by atoms with Crippen LogP contribution >= 0.6 is 0 Å². The Balaban J connectivity index is 0.000000328. The highest BCUT2D eigenvalue weighted by molar-refractivity contribution is 7.86. The monoisotopic (exact) mass is 526 g/mol. The second kappa shape index (κ2) is 11.3. The smallest absolute Gasteiger partial charge is 0.297 e. The summed E-state index contributed by atoms with van der Waals surface area (Å²) < 4.78 is 59.0. The molecule has 0 spiro atoms. The molecule has 1 heterocycles. The average Bonchev–Trinajstić information content (AvgIpc) is 3.20. The largest absolute Gasteiger partial charge is 0.323 e. The van der Waals surface area contributed by atoms with Crippen LogP contribution in [0.4, 0.5) is 5.69 Å². The molecule has 2 aromatic carbocycles. The third kappa shape index (κ3) is 7.53. The molecule has 0 unspecified atom stereocenters. The van der Waals surface area contributed by atoms with Gasteiger partial charge in [0.05, 0.1) is 33.4 Å². The molecule has 1 fully saturated rings. The molecule has 0 aromatic heterocycles. The molecule has 35 heavy (non-hydrogen) atoms. The van der Waals surface area contributed by atoms with E-state index in [-0.39, 0.29) is 35.0 Å². The Kier molecular flexibility index (Phi) is 9.01. The number of nitro groups is 1. The second-order valence-electron chi connectivity index (χ2n) is 7.34. The van der Waals surface area contributed by atoms with Crippen LogP contribution in [-0.2, 0) is 29.2 Å². The lowest BCUT2D eigenvalue weighted by Crippen LogP contribution is -2.39. The zero-order valence-corrected chi connectivity index (χ0v) is 20.0. The number of nitriles is 1. The zero-order valence-electron chi connectivity index (χ0n) is 18.3. The van der Waals surface area contributed by atoms with E-state index in [0.717, 1.165) is 29.8 Å². The fourth-order valence-electron chi connectivity index (χ4n) is 3.06. The van der Waals surface area contributed by atoms with Gasteiger partial charge in [0.2, 0.25) is 5.91 Å². The van der Waals surface area contributed by atoms with Crippen LogP contribution in [0, 0.1) is 28.4 Å². The van der Waals surface area contributed by atoms with Crippen LogP contribution in [0.3, 0.4) is 0 Å². The molecule has 13 nitrogen and oxygen atoms in total. The number of likely N-dealkylation sites (tertiary alicyclic amines) is 1. The fourth-order valence-corrected chi connectivity index (χ4v) is 4.62. The molecule has 15 heteroatoms. The summed E-state index contributed by atoms with van der Waals surface area (Å²) in [6.07, 6.45) is -0.848. The van der Waals surface area contributed by atoms with Gasteiger partial charge in [-0.1, -0.05) is 17.7 Å². The van der Waals surface area contributed by atoms with E-state index >= 15 is 0 Å². The van der Waals surface area contributed by atoms with Crippen molar-refractivity contribution >= 4 is 31.8 Å². The summed E-state index contributed by atoms with van der Waals surface area (Å²) in [5.74, 6) is -0.472. The first-order chi connectivity index (χ1) is 16.3. The van der Waals surface area contributed by atoms with Gasteiger partial charge in [-0.15, -0.1) is 0 Å². The maximum Gasteiger partial charge on any atom is 0.297 e. The molecule has 1 saturated heterocycles. The van der Waals surface area contributed by atoms with Crippen LogP contribution in [0.15, 0.2) is 58.3 Å². The molecular formula is C20H22N4O9S2. The number of non-ortho nitro benzene ring substituents is 1.